The topological polar surface area (TPSA) is 21.3 Å². The van der Waals surface area contributed by atoms with Gasteiger partial charge >= 0.3 is 0 Å². The van der Waals surface area contributed by atoms with E-state index in [0.717, 1.165) is 40.5 Å². The lowest BCUT2D eigenvalue weighted by Gasteiger charge is -2.17. The normalized spacial score (nSPS) is 23.1. The molecule has 0 spiro atoms. The van der Waals surface area contributed by atoms with E-state index in [9.17, 15) is 0 Å². The Balaban J connectivity index is 2.06. The minimum atomic E-state index is 0.521. The number of ether oxygens (including phenoxy) is 1. The number of halogens is 1. The molecular formula is C14H20ClNOS. The Morgan fingerprint density at radius 3 is 3.00 bits per heavy atom. The van der Waals surface area contributed by atoms with E-state index in [0.29, 0.717) is 6.04 Å². The minimum absolute atomic E-state index is 0.521. The van der Waals surface area contributed by atoms with Crippen molar-refractivity contribution < 1.29 is 4.74 Å². The molecule has 2 unspecified atom stereocenters. The van der Waals surface area contributed by atoms with Gasteiger partial charge in [0.25, 0.3) is 0 Å². The van der Waals surface area contributed by atoms with Crippen molar-refractivity contribution >= 4 is 29.1 Å². The Morgan fingerprint density at radius 1 is 1.50 bits per heavy atom. The maximum Gasteiger partial charge on any atom is 0.142 e. The predicted molar refractivity (Wildman–Crippen MR) is 81.2 cm³/mol. The molecule has 0 aromatic heterocycles. The van der Waals surface area contributed by atoms with Crippen molar-refractivity contribution in [2.75, 3.05) is 17.7 Å². The number of rotatable bonds is 5. The van der Waals surface area contributed by atoms with Gasteiger partial charge in [-0.1, -0.05) is 25.4 Å². The van der Waals surface area contributed by atoms with Crippen LogP contribution in [0.15, 0.2) is 18.2 Å². The molecule has 1 aromatic carbocycles. The summed E-state index contributed by atoms with van der Waals surface area (Å²) in [5.41, 5.74) is 1.02. The Bertz CT molecular complexity index is 399. The van der Waals surface area contributed by atoms with E-state index >= 15 is 0 Å². The van der Waals surface area contributed by atoms with Crippen LogP contribution >= 0.6 is 23.4 Å². The Labute approximate surface area is 118 Å². The highest BCUT2D eigenvalue weighted by molar-refractivity contribution is 8.00. The fourth-order valence-corrected chi connectivity index (χ4v) is 3.41. The summed E-state index contributed by atoms with van der Waals surface area (Å²) in [7, 11) is 0. The summed E-state index contributed by atoms with van der Waals surface area (Å²) in [5.74, 6) is 2.06. The van der Waals surface area contributed by atoms with Crippen LogP contribution in [-0.4, -0.2) is 23.7 Å². The Kier molecular flexibility index (Phi) is 5.07. The quantitative estimate of drug-likeness (QED) is 0.864. The molecule has 2 rings (SSSR count). The molecule has 0 saturated carbocycles. The Hall–Kier alpha value is -0.540. The van der Waals surface area contributed by atoms with Crippen LogP contribution in [0.3, 0.4) is 0 Å². The number of thioether (sulfide) groups is 1. The molecule has 0 radical (unpaired) electrons. The molecule has 0 aliphatic carbocycles. The molecule has 100 valence electrons. The summed E-state index contributed by atoms with van der Waals surface area (Å²) in [5, 5.41) is 5.05. The zero-order valence-corrected chi connectivity index (χ0v) is 12.5. The third-order valence-electron chi connectivity index (χ3n) is 2.96. The van der Waals surface area contributed by atoms with Crippen LogP contribution in [0.5, 0.6) is 5.75 Å². The van der Waals surface area contributed by atoms with Crippen molar-refractivity contribution in [1.82, 2.24) is 0 Å². The van der Waals surface area contributed by atoms with Gasteiger partial charge in [-0.15, -0.1) is 0 Å². The van der Waals surface area contributed by atoms with E-state index in [2.05, 4.69) is 19.2 Å². The van der Waals surface area contributed by atoms with Gasteiger partial charge in [0, 0.05) is 22.1 Å². The van der Waals surface area contributed by atoms with Crippen LogP contribution < -0.4 is 10.1 Å². The molecule has 0 bridgehead atoms. The largest absolute Gasteiger partial charge is 0.491 e. The highest BCUT2D eigenvalue weighted by atomic mass is 35.5. The highest BCUT2D eigenvalue weighted by Gasteiger charge is 2.22. The van der Waals surface area contributed by atoms with E-state index < -0.39 is 0 Å². The fraction of sp³-hybridized carbons (Fsp3) is 0.571. The lowest BCUT2D eigenvalue weighted by atomic mass is 10.2. The van der Waals surface area contributed by atoms with Crippen LogP contribution in [0.1, 0.15) is 26.7 Å². The van der Waals surface area contributed by atoms with Crippen molar-refractivity contribution in [2.45, 2.75) is 38.0 Å². The molecule has 1 heterocycles. The van der Waals surface area contributed by atoms with E-state index in [1.165, 1.54) is 6.42 Å². The van der Waals surface area contributed by atoms with Gasteiger partial charge < -0.3 is 10.1 Å². The van der Waals surface area contributed by atoms with Gasteiger partial charge in [0.05, 0.1) is 12.3 Å². The maximum absolute atomic E-state index is 6.06. The molecule has 2 atom stereocenters. The van der Waals surface area contributed by atoms with Crippen molar-refractivity contribution in [1.29, 1.82) is 0 Å². The van der Waals surface area contributed by atoms with E-state index in [-0.39, 0.29) is 0 Å². The lowest BCUT2D eigenvalue weighted by molar-refractivity contribution is 0.318. The number of benzene rings is 1. The number of nitrogens with one attached hydrogen (secondary N) is 1. The van der Waals surface area contributed by atoms with Crippen LogP contribution in [0, 0.1) is 0 Å². The van der Waals surface area contributed by atoms with Gasteiger partial charge in [-0.3, -0.25) is 0 Å². The van der Waals surface area contributed by atoms with Crippen LogP contribution in [0.2, 0.25) is 5.02 Å². The van der Waals surface area contributed by atoms with Crippen molar-refractivity contribution in [3.05, 3.63) is 23.2 Å². The third-order valence-corrected chi connectivity index (χ3v) is 4.55. The molecule has 1 aliphatic heterocycles. The first-order valence-corrected chi connectivity index (χ1v) is 7.92. The molecule has 4 heteroatoms. The third kappa shape index (κ3) is 3.72. The first-order chi connectivity index (χ1) is 8.69. The van der Waals surface area contributed by atoms with Crippen LogP contribution in [-0.2, 0) is 0 Å². The van der Waals surface area contributed by atoms with Gasteiger partial charge in [-0.2, -0.15) is 11.8 Å². The molecule has 1 aliphatic rings. The molecule has 18 heavy (non-hydrogen) atoms. The number of hydrogen-bond acceptors (Lipinski definition) is 3. The molecule has 0 amide bonds. The average Bonchev–Trinajstić information content (AvgIpc) is 2.74. The summed E-state index contributed by atoms with van der Waals surface area (Å²) in [4.78, 5) is 0. The Morgan fingerprint density at radius 2 is 2.33 bits per heavy atom. The van der Waals surface area contributed by atoms with Gasteiger partial charge in [-0.05, 0) is 31.0 Å². The van der Waals surface area contributed by atoms with E-state index in [4.69, 9.17) is 16.3 Å². The molecule has 2 nitrogen and oxygen atoms in total. The molecule has 1 aromatic rings. The van der Waals surface area contributed by atoms with Gasteiger partial charge in [0.15, 0.2) is 0 Å². The predicted octanol–water partition coefficient (Wildman–Crippen LogP) is 4.43. The number of hydrogen-bond donors (Lipinski definition) is 1. The lowest BCUT2D eigenvalue weighted by Crippen LogP contribution is -2.19. The summed E-state index contributed by atoms with van der Waals surface area (Å²) in [6.07, 6.45) is 2.21. The van der Waals surface area contributed by atoms with Crippen LogP contribution in [0.25, 0.3) is 0 Å². The van der Waals surface area contributed by atoms with Crippen molar-refractivity contribution in [3.8, 4) is 5.75 Å². The summed E-state index contributed by atoms with van der Waals surface area (Å²) in [6.45, 7) is 5.13. The van der Waals surface area contributed by atoms with Crippen molar-refractivity contribution in [2.24, 2.45) is 0 Å². The smallest absolute Gasteiger partial charge is 0.142 e. The summed E-state index contributed by atoms with van der Waals surface area (Å²) < 4.78 is 5.75. The highest BCUT2D eigenvalue weighted by Crippen LogP contribution is 2.33. The molecule has 1 saturated heterocycles. The van der Waals surface area contributed by atoms with Crippen LogP contribution in [0.4, 0.5) is 5.69 Å². The van der Waals surface area contributed by atoms with E-state index in [1.807, 2.05) is 30.0 Å². The number of anilines is 1. The fourth-order valence-electron chi connectivity index (χ4n) is 2.09. The van der Waals surface area contributed by atoms with Gasteiger partial charge in [-0.25, -0.2) is 0 Å². The molecular weight excluding hydrogens is 266 g/mol. The monoisotopic (exact) mass is 285 g/mol. The minimum Gasteiger partial charge on any atom is -0.491 e. The first-order valence-electron chi connectivity index (χ1n) is 6.49. The second kappa shape index (κ2) is 6.58. The van der Waals surface area contributed by atoms with Gasteiger partial charge in [0.1, 0.15) is 5.75 Å². The summed E-state index contributed by atoms with van der Waals surface area (Å²) in [6, 6.07) is 6.31. The zero-order chi connectivity index (χ0) is 13.0. The van der Waals surface area contributed by atoms with Gasteiger partial charge in [0.2, 0.25) is 0 Å². The second-order valence-electron chi connectivity index (χ2n) is 4.71. The first kappa shape index (κ1) is 13.9. The molecule has 1 fully saturated rings. The summed E-state index contributed by atoms with van der Waals surface area (Å²) >= 11 is 8.08. The second-order valence-corrected chi connectivity index (χ2v) is 6.62. The average molecular weight is 286 g/mol. The standard InChI is InChI=1S/C14H20ClNOS/c1-3-6-17-14-5-4-11(15)8-13(14)16-12-7-10(2)18-9-12/h4-5,8,10,12,16H,3,6-7,9H2,1-2H3. The maximum atomic E-state index is 6.06. The molecule has 1 N–H and O–H groups in total. The zero-order valence-electron chi connectivity index (χ0n) is 10.9. The SMILES string of the molecule is CCCOc1ccc(Cl)cc1NC1CSC(C)C1. The van der Waals surface area contributed by atoms with E-state index in [1.54, 1.807) is 0 Å². The van der Waals surface area contributed by atoms with Crippen molar-refractivity contribution in [3.63, 3.8) is 0 Å².